The second-order valence-electron chi connectivity index (χ2n) is 6.37. The van der Waals surface area contributed by atoms with Crippen LogP contribution in [0, 0.1) is 6.92 Å². The predicted octanol–water partition coefficient (Wildman–Crippen LogP) is 4.26. The molecule has 0 aliphatic heterocycles. The molecule has 0 atom stereocenters. The smallest absolute Gasteiger partial charge is 0.421 e. The summed E-state index contributed by atoms with van der Waals surface area (Å²) in [6.07, 6.45) is 3.68. The second kappa shape index (κ2) is 12.2. The molecule has 0 bridgehead atoms. The summed E-state index contributed by atoms with van der Waals surface area (Å²) in [4.78, 5) is 5.52. The number of hydrogen-bond acceptors (Lipinski definition) is 6. The molecule has 0 radical (unpaired) electrons. The molecule has 17 heteroatoms. The number of rotatable bonds is 8. The van der Waals surface area contributed by atoms with Crippen LogP contribution in [0.4, 0.5) is 26.3 Å². The normalized spacial score (nSPS) is 12.5. The quantitative estimate of drug-likeness (QED) is 0.250. The first-order valence-electron chi connectivity index (χ1n) is 8.88. The lowest BCUT2D eigenvalue weighted by Crippen LogP contribution is -2.41. The van der Waals surface area contributed by atoms with Crippen LogP contribution in [-0.4, -0.2) is 34.5 Å². The number of aryl methyl sites for hydroxylation is 1. The Kier molecular flexibility index (Phi) is 10.7. The molecule has 1 aromatic carbocycles. The van der Waals surface area contributed by atoms with Gasteiger partial charge in [-0.05, 0) is 24.1 Å². The van der Waals surface area contributed by atoms with E-state index in [1.54, 1.807) is 4.73 Å². The van der Waals surface area contributed by atoms with Crippen LogP contribution >= 0.6 is 15.9 Å². The molecule has 35 heavy (non-hydrogen) atoms. The molecule has 0 fully saturated rings. The fraction of sp³-hybridized carbons (Fsp3) is 0.278. The molecule has 0 saturated carbocycles. The van der Waals surface area contributed by atoms with Gasteiger partial charge in [-0.15, -0.1) is 0 Å². The lowest BCUT2D eigenvalue weighted by Gasteiger charge is -2.22. The Labute approximate surface area is 205 Å². The van der Waals surface area contributed by atoms with E-state index in [0.717, 1.165) is 14.2 Å². The lowest BCUT2D eigenvalue weighted by atomic mass is 10.2. The van der Waals surface area contributed by atoms with Crippen LogP contribution in [0.25, 0.3) is 4.13 Å². The molecular formula is C18H17BrF6N2O6S2. The number of ether oxygens (including phenoxy) is 1. The van der Waals surface area contributed by atoms with Gasteiger partial charge in [0.1, 0.15) is 6.61 Å². The van der Waals surface area contributed by atoms with E-state index in [1.807, 2.05) is 55.7 Å². The molecule has 0 spiro atoms. The number of alkyl halides is 6. The minimum absolute atomic E-state index is 0.349. The third-order valence-corrected chi connectivity index (χ3v) is 6.98. The topological polar surface area (TPSA) is 105 Å². The van der Waals surface area contributed by atoms with Gasteiger partial charge in [0.25, 0.3) is 0 Å². The van der Waals surface area contributed by atoms with Crippen molar-refractivity contribution in [3.8, 4) is 0 Å². The first kappa shape index (κ1) is 30.8. The molecule has 0 amide bonds. The van der Waals surface area contributed by atoms with Gasteiger partial charge in [-0.25, -0.2) is 21.7 Å². The van der Waals surface area contributed by atoms with Crippen molar-refractivity contribution < 1.29 is 57.5 Å². The van der Waals surface area contributed by atoms with Gasteiger partial charge in [0, 0.05) is 21.3 Å². The summed E-state index contributed by atoms with van der Waals surface area (Å²) in [5, 5.41) is 0. The molecule has 0 aliphatic rings. The van der Waals surface area contributed by atoms with Crippen molar-refractivity contribution in [1.82, 2.24) is 0 Å². The molecule has 2 rings (SSSR count). The monoisotopic (exact) mass is 614 g/mol. The maximum absolute atomic E-state index is 11.4. The standard InChI is InChI=1S/C16H17BrNO2.C2F6NO4S2/c1-13-7-9-18(10-8-13)20-14(2)11-19-12-15-5-3-4-6-16(15)17;3-1(4,5)14(10,11)9-15(12,13)2(6,7)8/h3-10H,2,11-12H2,1H3;/q+1;-1. The van der Waals surface area contributed by atoms with Gasteiger partial charge in [-0.1, -0.05) is 40.7 Å². The summed E-state index contributed by atoms with van der Waals surface area (Å²) < 4.78 is 117. The van der Waals surface area contributed by atoms with Crippen molar-refractivity contribution in [2.24, 2.45) is 0 Å². The van der Waals surface area contributed by atoms with Gasteiger partial charge in [0.05, 0.1) is 6.61 Å². The van der Waals surface area contributed by atoms with Gasteiger partial charge in [-0.3, -0.25) is 0 Å². The van der Waals surface area contributed by atoms with Crippen LogP contribution in [0.2, 0.25) is 0 Å². The first-order chi connectivity index (χ1) is 15.9. The first-order valence-corrected chi connectivity index (χ1v) is 12.5. The number of aromatic nitrogens is 1. The zero-order valence-electron chi connectivity index (χ0n) is 17.5. The largest absolute Gasteiger partial charge is 0.480 e. The van der Waals surface area contributed by atoms with E-state index in [1.165, 1.54) is 5.56 Å². The van der Waals surface area contributed by atoms with Crippen LogP contribution in [0.3, 0.4) is 0 Å². The Bertz CT molecular complexity index is 1180. The van der Waals surface area contributed by atoms with E-state index in [2.05, 4.69) is 22.5 Å². The molecule has 0 aliphatic carbocycles. The molecular weight excluding hydrogens is 598 g/mol. The van der Waals surface area contributed by atoms with Crippen LogP contribution in [0.5, 0.6) is 0 Å². The number of sulfonamides is 2. The molecule has 8 nitrogen and oxygen atoms in total. The van der Waals surface area contributed by atoms with Crippen molar-refractivity contribution in [1.29, 1.82) is 0 Å². The van der Waals surface area contributed by atoms with Crippen molar-refractivity contribution in [3.05, 3.63) is 80.9 Å². The summed E-state index contributed by atoms with van der Waals surface area (Å²) in [6, 6.07) is 11.9. The third kappa shape index (κ3) is 10.1. The van der Waals surface area contributed by atoms with Crippen molar-refractivity contribution >= 4 is 36.0 Å². The second-order valence-corrected chi connectivity index (χ2v) is 10.6. The lowest BCUT2D eigenvalue weighted by molar-refractivity contribution is -0.880. The van der Waals surface area contributed by atoms with Gasteiger partial charge < -0.3 is 8.86 Å². The highest BCUT2D eigenvalue weighted by Crippen LogP contribution is 2.36. The number of benzene rings is 1. The number of halogens is 7. The highest BCUT2D eigenvalue weighted by atomic mass is 79.9. The predicted molar refractivity (Wildman–Crippen MR) is 114 cm³/mol. The molecule has 0 N–H and O–H groups in total. The Morgan fingerprint density at radius 3 is 1.91 bits per heavy atom. The zero-order valence-corrected chi connectivity index (χ0v) is 20.8. The molecule has 1 aromatic heterocycles. The summed E-state index contributed by atoms with van der Waals surface area (Å²) in [5.74, 6) is 0.561. The summed E-state index contributed by atoms with van der Waals surface area (Å²) >= 11 is 3.49. The maximum atomic E-state index is 11.4. The van der Waals surface area contributed by atoms with Crippen molar-refractivity contribution in [2.75, 3.05) is 6.61 Å². The van der Waals surface area contributed by atoms with E-state index in [4.69, 9.17) is 9.57 Å². The van der Waals surface area contributed by atoms with Gasteiger partial charge >= 0.3 is 11.0 Å². The fourth-order valence-electron chi connectivity index (χ4n) is 1.83. The molecule has 2 aromatic rings. The third-order valence-electron chi connectivity index (χ3n) is 3.46. The minimum Gasteiger partial charge on any atom is -0.421 e. The number of nitrogens with zero attached hydrogens (tertiary/aromatic N) is 2. The Balaban J connectivity index is 0.000000367. The minimum atomic E-state index is -6.72. The summed E-state index contributed by atoms with van der Waals surface area (Å²) in [7, 11) is -13.4. The van der Waals surface area contributed by atoms with E-state index in [0.29, 0.717) is 19.0 Å². The zero-order chi connectivity index (χ0) is 27.1. The maximum Gasteiger partial charge on any atom is 0.480 e. The number of hydrogen-bond donors (Lipinski definition) is 0. The highest BCUT2D eigenvalue weighted by molar-refractivity contribution is 9.10. The average molecular weight is 615 g/mol. The Morgan fingerprint density at radius 1 is 0.971 bits per heavy atom. The van der Waals surface area contributed by atoms with Crippen molar-refractivity contribution in [3.63, 3.8) is 0 Å². The van der Waals surface area contributed by atoms with E-state index in [-0.39, 0.29) is 0 Å². The van der Waals surface area contributed by atoms with Crippen LogP contribution in [-0.2, 0) is 31.4 Å². The van der Waals surface area contributed by atoms with Gasteiger partial charge in [-0.2, -0.15) is 26.3 Å². The molecule has 0 unspecified atom stereocenters. The summed E-state index contributed by atoms with van der Waals surface area (Å²) in [5.41, 5.74) is -10.1. The average Bonchev–Trinajstić information content (AvgIpc) is 2.69. The Morgan fingerprint density at radius 2 is 1.46 bits per heavy atom. The SMILES string of the molecule is C=C(COCc1ccccc1Br)O[n+]1ccc(C)cc1.O=S(=O)([N-]S(=O)(=O)C(F)(F)F)C(F)(F)F. The van der Waals surface area contributed by atoms with Crippen LogP contribution < -0.4 is 9.57 Å². The van der Waals surface area contributed by atoms with Crippen molar-refractivity contribution in [2.45, 2.75) is 24.5 Å². The fourth-order valence-corrected chi connectivity index (χ4v) is 3.94. The molecule has 0 saturated heterocycles. The van der Waals surface area contributed by atoms with E-state index >= 15 is 0 Å². The van der Waals surface area contributed by atoms with Crippen LogP contribution in [0.1, 0.15) is 11.1 Å². The van der Waals surface area contributed by atoms with Gasteiger partial charge in [0.15, 0.2) is 25.8 Å². The molecule has 196 valence electrons. The van der Waals surface area contributed by atoms with E-state index in [9.17, 15) is 43.2 Å². The van der Waals surface area contributed by atoms with Crippen LogP contribution in [0.15, 0.2) is 65.6 Å². The molecule has 1 heterocycles. The summed E-state index contributed by atoms with van der Waals surface area (Å²) in [6.45, 7) is 6.74. The number of pyridine rings is 1. The highest BCUT2D eigenvalue weighted by Gasteiger charge is 2.46. The van der Waals surface area contributed by atoms with E-state index < -0.39 is 31.1 Å². The van der Waals surface area contributed by atoms with Gasteiger partial charge in [0.2, 0.25) is 12.4 Å². The Hall–Kier alpha value is -2.21.